The molecule has 3 rings (SSSR count). The van der Waals surface area contributed by atoms with Gasteiger partial charge in [-0.2, -0.15) is 10.4 Å². The van der Waals surface area contributed by atoms with Crippen LogP contribution in [0.2, 0.25) is 0 Å². The molecule has 1 aliphatic heterocycles. The number of carbonyl (C=O) groups excluding carboxylic acids is 1. The summed E-state index contributed by atoms with van der Waals surface area (Å²) in [6, 6.07) is 2.42. The highest BCUT2D eigenvalue weighted by molar-refractivity contribution is 5.73. The molecule has 0 spiro atoms. The maximum atomic E-state index is 12.3. The van der Waals surface area contributed by atoms with Crippen LogP contribution >= 0.6 is 0 Å². The Kier molecular flexibility index (Phi) is 6.14. The molecular weight excluding hydrogens is 354 g/mol. The molecule has 3 heterocycles. The van der Waals surface area contributed by atoms with Gasteiger partial charge >= 0.3 is 0 Å². The van der Waals surface area contributed by atoms with Gasteiger partial charge in [-0.1, -0.05) is 0 Å². The fourth-order valence-electron chi connectivity index (χ4n) is 3.66. The molecule has 0 saturated carbocycles. The number of nitriles is 1. The fourth-order valence-corrected chi connectivity index (χ4v) is 3.66. The number of anilines is 1. The summed E-state index contributed by atoms with van der Waals surface area (Å²) >= 11 is 0. The smallest absolute Gasteiger partial charge is 0.219 e. The average molecular weight is 379 g/mol. The molecule has 1 amide bonds. The van der Waals surface area contributed by atoms with Gasteiger partial charge in [0.15, 0.2) is 5.82 Å². The van der Waals surface area contributed by atoms with Gasteiger partial charge in [-0.3, -0.25) is 4.79 Å². The Morgan fingerprint density at radius 2 is 2.00 bits per heavy atom. The maximum absolute atomic E-state index is 12.3. The second-order valence-electron chi connectivity index (χ2n) is 7.19. The predicted molar refractivity (Wildman–Crippen MR) is 104 cm³/mol. The van der Waals surface area contributed by atoms with E-state index in [4.69, 9.17) is 0 Å². The molecule has 0 unspecified atom stereocenters. The van der Waals surface area contributed by atoms with Gasteiger partial charge < -0.3 is 9.80 Å². The highest BCUT2D eigenvalue weighted by Gasteiger charge is 2.27. The molecule has 28 heavy (non-hydrogen) atoms. The van der Waals surface area contributed by atoms with Crippen molar-refractivity contribution in [2.45, 2.75) is 52.6 Å². The molecule has 0 aromatic carbocycles. The number of carbonyl (C=O) groups is 1. The van der Waals surface area contributed by atoms with E-state index in [-0.39, 0.29) is 11.9 Å². The number of hydrogen-bond donors (Lipinski definition) is 0. The van der Waals surface area contributed by atoms with Crippen LogP contribution in [-0.2, 0) is 11.3 Å². The summed E-state index contributed by atoms with van der Waals surface area (Å²) in [5.74, 6) is 0.697. The van der Waals surface area contributed by atoms with Crippen LogP contribution in [0.1, 0.15) is 48.6 Å². The van der Waals surface area contributed by atoms with Crippen LogP contribution in [0.4, 0.5) is 5.82 Å². The first kappa shape index (κ1) is 19.7. The monoisotopic (exact) mass is 379 g/mol. The normalized spacial score (nSPS) is 16.9. The lowest BCUT2D eigenvalue weighted by Gasteiger charge is -2.30. The van der Waals surface area contributed by atoms with Crippen LogP contribution in [0, 0.1) is 25.2 Å². The van der Waals surface area contributed by atoms with E-state index in [1.165, 1.54) is 6.33 Å². The van der Waals surface area contributed by atoms with Crippen LogP contribution in [-0.4, -0.2) is 50.1 Å². The second-order valence-corrected chi connectivity index (χ2v) is 7.19. The van der Waals surface area contributed by atoms with E-state index in [1.54, 1.807) is 19.3 Å². The topological polar surface area (TPSA) is 98.9 Å². The van der Waals surface area contributed by atoms with Crippen LogP contribution in [0.3, 0.4) is 0 Å². The molecule has 1 aliphatic rings. The Morgan fingerprint density at radius 3 is 2.68 bits per heavy atom. The SMILES string of the molecule is CC(=O)N(Cc1cncnc1)[C@H]1CCCN(c2nnc(C)c(C)c2C#N)CC1. The lowest BCUT2D eigenvalue weighted by Crippen LogP contribution is -2.39. The number of aromatic nitrogens is 4. The van der Waals surface area contributed by atoms with Crippen LogP contribution in [0.25, 0.3) is 0 Å². The van der Waals surface area contributed by atoms with Crippen molar-refractivity contribution in [1.29, 1.82) is 5.26 Å². The largest absolute Gasteiger partial charge is 0.354 e. The van der Waals surface area contributed by atoms with Gasteiger partial charge in [0.2, 0.25) is 5.91 Å². The lowest BCUT2D eigenvalue weighted by molar-refractivity contribution is -0.132. The van der Waals surface area contributed by atoms with E-state index in [9.17, 15) is 10.1 Å². The van der Waals surface area contributed by atoms with E-state index in [0.29, 0.717) is 17.9 Å². The summed E-state index contributed by atoms with van der Waals surface area (Å²) in [7, 11) is 0. The number of rotatable bonds is 4. The third-order valence-electron chi connectivity index (χ3n) is 5.36. The van der Waals surface area contributed by atoms with E-state index in [1.807, 2.05) is 18.7 Å². The maximum Gasteiger partial charge on any atom is 0.219 e. The van der Waals surface area contributed by atoms with Crippen LogP contribution in [0.15, 0.2) is 18.7 Å². The zero-order valence-corrected chi connectivity index (χ0v) is 16.6. The molecule has 0 aliphatic carbocycles. The number of aryl methyl sites for hydroxylation is 1. The summed E-state index contributed by atoms with van der Waals surface area (Å²) in [5.41, 5.74) is 3.17. The van der Waals surface area contributed by atoms with E-state index in [0.717, 1.165) is 49.2 Å². The molecular formula is C20H25N7O. The minimum atomic E-state index is 0.0472. The van der Waals surface area contributed by atoms with Crippen molar-refractivity contribution in [1.82, 2.24) is 25.1 Å². The molecule has 8 heteroatoms. The lowest BCUT2D eigenvalue weighted by atomic mass is 10.1. The van der Waals surface area contributed by atoms with E-state index >= 15 is 0 Å². The third-order valence-corrected chi connectivity index (χ3v) is 5.36. The zero-order valence-electron chi connectivity index (χ0n) is 16.6. The number of hydrogen-bond acceptors (Lipinski definition) is 7. The fraction of sp³-hybridized carbons (Fsp3) is 0.500. The first-order valence-corrected chi connectivity index (χ1v) is 9.51. The van der Waals surface area contributed by atoms with Crippen molar-refractivity contribution in [2.75, 3.05) is 18.0 Å². The minimum absolute atomic E-state index is 0.0472. The first-order valence-electron chi connectivity index (χ1n) is 9.51. The summed E-state index contributed by atoms with van der Waals surface area (Å²) in [4.78, 5) is 24.4. The van der Waals surface area contributed by atoms with Crippen LogP contribution in [0.5, 0.6) is 0 Å². The van der Waals surface area contributed by atoms with Gasteiger partial charge in [-0.25, -0.2) is 9.97 Å². The molecule has 1 fully saturated rings. The van der Waals surface area contributed by atoms with Crippen molar-refractivity contribution in [2.24, 2.45) is 0 Å². The molecule has 146 valence electrons. The van der Waals surface area contributed by atoms with E-state index in [2.05, 4.69) is 31.1 Å². The molecule has 8 nitrogen and oxygen atoms in total. The summed E-state index contributed by atoms with van der Waals surface area (Å²) in [6.07, 6.45) is 7.62. The quantitative estimate of drug-likeness (QED) is 0.802. The molecule has 2 aromatic rings. The number of nitrogens with zero attached hydrogens (tertiary/aromatic N) is 7. The van der Waals surface area contributed by atoms with Gasteiger partial charge in [-0.15, -0.1) is 5.10 Å². The highest BCUT2D eigenvalue weighted by atomic mass is 16.2. The number of amides is 1. The Balaban J connectivity index is 1.76. The highest BCUT2D eigenvalue weighted by Crippen LogP contribution is 2.26. The Bertz CT molecular complexity index is 878. The van der Waals surface area contributed by atoms with Crippen LogP contribution < -0.4 is 4.90 Å². The van der Waals surface area contributed by atoms with Crippen molar-refractivity contribution in [3.05, 3.63) is 41.1 Å². The van der Waals surface area contributed by atoms with Crippen molar-refractivity contribution >= 4 is 11.7 Å². The summed E-state index contributed by atoms with van der Waals surface area (Å²) in [5, 5.41) is 18.1. The standard InChI is InChI=1S/C20H25N7O/c1-14-15(2)24-25-20(19(14)9-21)26-7-4-5-18(6-8-26)27(16(3)28)12-17-10-22-13-23-11-17/h10-11,13,18H,4-8,12H2,1-3H3/t18-/m0/s1. The predicted octanol–water partition coefficient (Wildman–Crippen LogP) is 2.16. The van der Waals surface area contributed by atoms with Gasteiger partial charge in [0.1, 0.15) is 18.0 Å². The Labute approximate surface area is 165 Å². The average Bonchev–Trinajstić information content (AvgIpc) is 2.94. The van der Waals surface area contributed by atoms with Gasteiger partial charge in [-0.05, 0) is 38.7 Å². The van der Waals surface area contributed by atoms with Gasteiger partial charge in [0, 0.05) is 50.6 Å². The summed E-state index contributed by atoms with van der Waals surface area (Å²) < 4.78 is 0. The molecule has 2 aromatic heterocycles. The zero-order chi connectivity index (χ0) is 20.1. The summed E-state index contributed by atoms with van der Waals surface area (Å²) in [6.45, 7) is 7.41. The molecule has 1 saturated heterocycles. The van der Waals surface area contributed by atoms with Crippen molar-refractivity contribution in [3.63, 3.8) is 0 Å². The second kappa shape index (κ2) is 8.74. The molecule has 0 radical (unpaired) electrons. The van der Waals surface area contributed by atoms with Gasteiger partial charge in [0.05, 0.1) is 5.69 Å². The third kappa shape index (κ3) is 4.25. The van der Waals surface area contributed by atoms with Crippen molar-refractivity contribution < 1.29 is 4.79 Å². The first-order chi connectivity index (χ1) is 13.5. The molecule has 0 N–H and O–H groups in total. The van der Waals surface area contributed by atoms with Gasteiger partial charge in [0.25, 0.3) is 0 Å². The van der Waals surface area contributed by atoms with Crippen molar-refractivity contribution in [3.8, 4) is 6.07 Å². The Hall–Kier alpha value is -3.08. The Morgan fingerprint density at radius 1 is 1.25 bits per heavy atom. The van der Waals surface area contributed by atoms with E-state index < -0.39 is 0 Å². The minimum Gasteiger partial charge on any atom is -0.354 e. The molecule has 0 bridgehead atoms. The molecule has 1 atom stereocenters.